The van der Waals surface area contributed by atoms with Crippen LogP contribution in [0.4, 0.5) is 0 Å². The molecule has 1 heterocycles. The van der Waals surface area contributed by atoms with E-state index in [1.807, 2.05) is 11.3 Å². The maximum absolute atomic E-state index is 3.53. The van der Waals surface area contributed by atoms with Crippen molar-refractivity contribution in [2.24, 2.45) is 0 Å². The first kappa shape index (κ1) is 14.8. The Labute approximate surface area is 128 Å². The second-order valence-corrected chi connectivity index (χ2v) is 7.58. The molecule has 1 atom stereocenters. The molecule has 0 saturated carbocycles. The zero-order valence-electron chi connectivity index (χ0n) is 11.7. The molecular weight excluding hydrogens is 318 g/mol. The van der Waals surface area contributed by atoms with Gasteiger partial charge in [0.05, 0.1) is 3.79 Å². The third-order valence-electron chi connectivity index (χ3n) is 3.46. The molecule has 0 saturated heterocycles. The highest BCUT2D eigenvalue weighted by molar-refractivity contribution is 9.11. The van der Waals surface area contributed by atoms with Crippen LogP contribution >= 0.6 is 27.3 Å². The van der Waals surface area contributed by atoms with Gasteiger partial charge >= 0.3 is 0 Å². The lowest BCUT2D eigenvalue weighted by Crippen LogP contribution is -2.29. The predicted molar refractivity (Wildman–Crippen MR) is 88.2 cm³/mol. The fourth-order valence-electron chi connectivity index (χ4n) is 2.27. The monoisotopic (exact) mass is 337 g/mol. The van der Waals surface area contributed by atoms with Gasteiger partial charge in [0.15, 0.2) is 0 Å². The standard InChI is InChI=1S/C16H20BrNS/c1-11-4-5-12(2)13(8-11)9-14(18-3)10-15-6-7-16(17)19-15/h4-8,14,18H,9-10H2,1-3H3. The molecule has 0 bridgehead atoms. The molecule has 0 amide bonds. The molecule has 1 aromatic carbocycles. The highest BCUT2D eigenvalue weighted by Crippen LogP contribution is 2.24. The molecule has 1 nitrogen and oxygen atoms in total. The van der Waals surface area contributed by atoms with E-state index in [-0.39, 0.29) is 0 Å². The minimum atomic E-state index is 0.492. The largest absolute Gasteiger partial charge is 0.316 e. The summed E-state index contributed by atoms with van der Waals surface area (Å²) in [6, 6.07) is 11.5. The molecule has 19 heavy (non-hydrogen) atoms. The average Bonchev–Trinajstić information content (AvgIpc) is 2.78. The number of benzene rings is 1. The van der Waals surface area contributed by atoms with Crippen LogP contribution < -0.4 is 5.32 Å². The quantitative estimate of drug-likeness (QED) is 0.846. The van der Waals surface area contributed by atoms with Gasteiger partial charge in [-0.05, 0) is 72.9 Å². The molecule has 102 valence electrons. The Morgan fingerprint density at radius 2 is 1.95 bits per heavy atom. The predicted octanol–water partition coefficient (Wildman–Crippen LogP) is 4.50. The number of likely N-dealkylation sites (N-methyl/N-ethyl adjacent to an activating group) is 1. The second kappa shape index (κ2) is 6.69. The van der Waals surface area contributed by atoms with Crippen LogP contribution in [0.25, 0.3) is 0 Å². The van der Waals surface area contributed by atoms with Gasteiger partial charge in [-0.1, -0.05) is 23.8 Å². The van der Waals surface area contributed by atoms with E-state index in [0.717, 1.165) is 12.8 Å². The molecule has 0 aliphatic rings. The summed E-state index contributed by atoms with van der Waals surface area (Å²) < 4.78 is 1.21. The van der Waals surface area contributed by atoms with E-state index in [0.29, 0.717) is 6.04 Å². The van der Waals surface area contributed by atoms with Crippen molar-refractivity contribution in [3.63, 3.8) is 0 Å². The van der Waals surface area contributed by atoms with Crippen LogP contribution in [0.5, 0.6) is 0 Å². The molecule has 1 unspecified atom stereocenters. The lowest BCUT2D eigenvalue weighted by molar-refractivity contribution is 0.559. The minimum Gasteiger partial charge on any atom is -0.316 e. The van der Waals surface area contributed by atoms with E-state index < -0.39 is 0 Å². The second-order valence-electron chi connectivity index (χ2n) is 5.03. The lowest BCUT2D eigenvalue weighted by Gasteiger charge is -2.17. The van der Waals surface area contributed by atoms with E-state index in [1.54, 1.807) is 0 Å². The third kappa shape index (κ3) is 4.16. The number of nitrogens with one attached hydrogen (secondary N) is 1. The van der Waals surface area contributed by atoms with Gasteiger partial charge in [-0.15, -0.1) is 11.3 Å². The number of hydrogen-bond donors (Lipinski definition) is 1. The first-order valence-electron chi connectivity index (χ1n) is 6.56. The maximum atomic E-state index is 3.53. The van der Waals surface area contributed by atoms with Crippen LogP contribution in [0.15, 0.2) is 34.1 Å². The molecule has 2 rings (SSSR count). The smallest absolute Gasteiger partial charge is 0.0701 e. The van der Waals surface area contributed by atoms with Crippen molar-refractivity contribution < 1.29 is 0 Å². The zero-order chi connectivity index (χ0) is 13.8. The van der Waals surface area contributed by atoms with E-state index in [9.17, 15) is 0 Å². The number of thiophene rings is 1. The molecule has 0 radical (unpaired) electrons. The zero-order valence-corrected chi connectivity index (χ0v) is 14.1. The number of rotatable bonds is 5. The van der Waals surface area contributed by atoms with Gasteiger partial charge < -0.3 is 5.32 Å². The van der Waals surface area contributed by atoms with Gasteiger partial charge in [0, 0.05) is 10.9 Å². The number of halogens is 1. The van der Waals surface area contributed by atoms with E-state index in [4.69, 9.17) is 0 Å². The van der Waals surface area contributed by atoms with Crippen molar-refractivity contribution in [2.45, 2.75) is 32.7 Å². The highest BCUT2D eigenvalue weighted by Gasteiger charge is 2.11. The van der Waals surface area contributed by atoms with E-state index >= 15 is 0 Å². The molecule has 1 N–H and O–H groups in total. The summed E-state index contributed by atoms with van der Waals surface area (Å²) in [4.78, 5) is 1.43. The summed E-state index contributed by atoms with van der Waals surface area (Å²) in [7, 11) is 2.05. The Hall–Kier alpha value is -0.640. The van der Waals surface area contributed by atoms with Gasteiger partial charge in [-0.25, -0.2) is 0 Å². The van der Waals surface area contributed by atoms with Gasteiger partial charge in [0.2, 0.25) is 0 Å². The highest BCUT2D eigenvalue weighted by atomic mass is 79.9. The van der Waals surface area contributed by atoms with Gasteiger partial charge in [-0.3, -0.25) is 0 Å². The Bertz CT molecular complexity index is 547. The van der Waals surface area contributed by atoms with Crippen molar-refractivity contribution in [2.75, 3.05) is 7.05 Å². The molecule has 0 spiro atoms. The van der Waals surface area contributed by atoms with Crippen LogP contribution in [-0.2, 0) is 12.8 Å². The normalized spacial score (nSPS) is 12.6. The molecule has 0 fully saturated rings. The molecule has 1 aromatic heterocycles. The topological polar surface area (TPSA) is 12.0 Å². The van der Waals surface area contributed by atoms with Crippen LogP contribution in [0, 0.1) is 13.8 Å². The Balaban J connectivity index is 2.08. The Morgan fingerprint density at radius 3 is 2.58 bits per heavy atom. The molecule has 2 aromatic rings. The molecule has 0 aliphatic carbocycles. The van der Waals surface area contributed by atoms with Crippen molar-refractivity contribution in [1.82, 2.24) is 5.32 Å². The summed E-state index contributed by atoms with van der Waals surface area (Å²) in [6.45, 7) is 4.36. The van der Waals surface area contributed by atoms with Crippen molar-refractivity contribution in [3.05, 3.63) is 55.7 Å². The maximum Gasteiger partial charge on any atom is 0.0701 e. The van der Waals surface area contributed by atoms with E-state index in [1.165, 1.54) is 25.4 Å². The molecular formula is C16H20BrNS. The lowest BCUT2D eigenvalue weighted by atomic mass is 9.97. The van der Waals surface area contributed by atoms with Gasteiger partial charge in [0.1, 0.15) is 0 Å². The number of aryl methyl sites for hydroxylation is 2. The summed E-state index contributed by atoms with van der Waals surface area (Å²) in [5.41, 5.74) is 4.18. The Morgan fingerprint density at radius 1 is 1.16 bits per heavy atom. The molecule has 0 aliphatic heterocycles. The fourth-order valence-corrected chi connectivity index (χ4v) is 3.83. The Kier molecular flexibility index (Phi) is 5.20. The van der Waals surface area contributed by atoms with Crippen LogP contribution in [-0.4, -0.2) is 13.1 Å². The van der Waals surface area contributed by atoms with Crippen LogP contribution in [0.2, 0.25) is 0 Å². The van der Waals surface area contributed by atoms with Gasteiger partial charge in [0.25, 0.3) is 0 Å². The first-order chi connectivity index (χ1) is 9.08. The first-order valence-corrected chi connectivity index (χ1v) is 8.17. The van der Waals surface area contributed by atoms with Crippen LogP contribution in [0.1, 0.15) is 21.6 Å². The SMILES string of the molecule is CNC(Cc1ccc(Br)s1)Cc1cc(C)ccc1C. The van der Waals surface area contributed by atoms with Crippen LogP contribution in [0.3, 0.4) is 0 Å². The van der Waals surface area contributed by atoms with Gasteiger partial charge in [-0.2, -0.15) is 0 Å². The summed E-state index contributed by atoms with van der Waals surface area (Å²) in [5.74, 6) is 0. The summed E-state index contributed by atoms with van der Waals surface area (Å²) in [6.07, 6.45) is 2.17. The van der Waals surface area contributed by atoms with Crippen molar-refractivity contribution >= 4 is 27.3 Å². The summed E-state index contributed by atoms with van der Waals surface area (Å²) in [5, 5.41) is 3.45. The number of hydrogen-bond acceptors (Lipinski definition) is 2. The summed E-state index contributed by atoms with van der Waals surface area (Å²) >= 11 is 5.36. The van der Waals surface area contributed by atoms with Crippen molar-refractivity contribution in [3.8, 4) is 0 Å². The fraction of sp³-hybridized carbons (Fsp3) is 0.375. The minimum absolute atomic E-state index is 0.492. The average molecular weight is 338 g/mol. The third-order valence-corrected chi connectivity index (χ3v) is 5.10. The van der Waals surface area contributed by atoms with E-state index in [2.05, 4.69) is 72.5 Å². The molecule has 3 heteroatoms. The van der Waals surface area contributed by atoms with Crippen molar-refractivity contribution in [1.29, 1.82) is 0 Å².